The number of halogens is 6. The van der Waals surface area contributed by atoms with Gasteiger partial charge in [-0.1, -0.05) is 24.6 Å². The van der Waals surface area contributed by atoms with Crippen LogP contribution in [-0.2, 0) is 20.6 Å². The molecule has 41 heavy (non-hydrogen) atoms. The van der Waals surface area contributed by atoms with Crippen molar-refractivity contribution in [2.75, 3.05) is 18.2 Å². The molecule has 6 nitrogen and oxygen atoms in total. The summed E-state index contributed by atoms with van der Waals surface area (Å²) in [6, 6.07) is 3.20. The highest BCUT2D eigenvalue weighted by Gasteiger charge is 2.79. The highest BCUT2D eigenvalue weighted by atomic mass is 35.5. The van der Waals surface area contributed by atoms with Crippen LogP contribution in [0.15, 0.2) is 42.0 Å². The fourth-order valence-corrected chi connectivity index (χ4v) is 9.13. The quantitative estimate of drug-likeness (QED) is 0.477. The highest BCUT2D eigenvalue weighted by molar-refractivity contribution is 6.31. The topological polar surface area (TPSA) is 87.1 Å². The van der Waals surface area contributed by atoms with Gasteiger partial charge in [0.1, 0.15) is 12.8 Å². The zero-order valence-corrected chi connectivity index (χ0v) is 23.0. The molecule has 4 fully saturated rings. The molecule has 1 saturated heterocycles. The summed E-state index contributed by atoms with van der Waals surface area (Å²) in [4.78, 5) is 31.8. The lowest BCUT2D eigenvalue weighted by atomic mass is 9.44. The van der Waals surface area contributed by atoms with Gasteiger partial charge in [0, 0.05) is 22.7 Å². The molecule has 0 radical (unpaired) electrons. The summed E-state index contributed by atoms with van der Waals surface area (Å²) in [5, 5.41) is 22.2. The number of hydrogen-bond donors (Lipinski definition) is 2. The fourth-order valence-electron chi connectivity index (χ4n) is 8.91. The van der Waals surface area contributed by atoms with Gasteiger partial charge in [-0.3, -0.25) is 19.5 Å². The normalized spacial score (nSPS) is 43.3. The molecule has 1 heterocycles. The summed E-state index contributed by atoms with van der Waals surface area (Å²) in [6.45, 7) is 2.09. The van der Waals surface area contributed by atoms with E-state index in [9.17, 15) is 33.0 Å². The number of nitrogens with zero attached hydrogens (tertiary/aromatic N) is 1. The molecule has 6 rings (SSSR count). The molecule has 5 aliphatic rings. The molecule has 222 valence electrons. The van der Waals surface area contributed by atoms with Crippen LogP contribution in [0, 0.1) is 28.6 Å². The van der Waals surface area contributed by atoms with Crippen LogP contribution >= 0.6 is 11.6 Å². The Bertz CT molecular complexity index is 1400. The van der Waals surface area contributed by atoms with Gasteiger partial charge in [-0.25, -0.2) is 8.78 Å². The largest absolute Gasteiger partial charge is 0.417 e. The standard InChI is InChI=1S/C29H29ClF5NO5/c1-25-6-5-16(38)9-20(25)22(31)10-18-17-7-14-12-36(15-3-4-21(30)19(8-15)29(33,34)35)41-28(14,24(40)13-37)26(17,2)11-23(39)27(18,25)32/h3-6,8-9,14,17-18,22-23,37,39H,7,10-13H2,1-2H3/t14-,17-,18-,22-,23-,25-,26-,27-,28-/m0/s1. The third-order valence-corrected chi connectivity index (χ3v) is 11.1. The summed E-state index contributed by atoms with van der Waals surface area (Å²) in [7, 11) is 0. The van der Waals surface area contributed by atoms with Crippen molar-refractivity contribution in [1.82, 2.24) is 0 Å². The number of aliphatic hydroxyl groups excluding tert-OH is 2. The molecule has 2 N–H and O–H groups in total. The number of ketones is 2. The van der Waals surface area contributed by atoms with E-state index in [-0.39, 0.29) is 37.1 Å². The SMILES string of the molecule is C[C@]12C=CC(=O)C=C1[C@@H](F)C[C@H]1[C@@H]3C[C@H]4CN(c5ccc(Cl)c(C(F)(F)F)c5)O[C@@]4(C(=O)CO)[C@@]3(C)C[C@H](O)[C@@]12F. The number of alkyl halides is 5. The number of carbonyl (C=O) groups is 2. The highest BCUT2D eigenvalue weighted by Crippen LogP contribution is 2.72. The number of rotatable bonds is 3. The maximum Gasteiger partial charge on any atom is 0.417 e. The van der Waals surface area contributed by atoms with Gasteiger partial charge in [0.15, 0.2) is 22.8 Å². The number of hydroxylamine groups is 1. The van der Waals surface area contributed by atoms with Gasteiger partial charge in [-0.15, -0.1) is 0 Å². The molecule has 4 aliphatic carbocycles. The van der Waals surface area contributed by atoms with Crippen LogP contribution in [0.1, 0.15) is 38.7 Å². The molecule has 1 aromatic rings. The molecule has 12 heteroatoms. The third kappa shape index (κ3) is 3.52. The summed E-state index contributed by atoms with van der Waals surface area (Å²) >= 11 is 5.78. The van der Waals surface area contributed by atoms with Crippen molar-refractivity contribution in [3.05, 3.63) is 52.6 Å². The van der Waals surface area contributed by atoms with Crippen LogP contribution in [0.4, 0.5) is 27.6 Å². The van der Waals surface area contributed by atoms with Crippen molar-refractivity contribution < 1.29 is 46.6 Å². The zero-order chi connectivity index (χ0) is 29.9. The number of benzene rings is 1. The average Bonchev–Trinajstić information content (AvgIpc) is 3.39. The Labute approximate surface area is 237 Å². The first-order valence-electron chi connectivity index (χ1n) is 13.5. The predicted molar refractivity (Wildman–Crippen MR) is 137 cm³/mol. The summed E-state index contributed by atoms with van der Waals surface area (Å²) in [5.74, 6) is -3.68. The molecule has 1 aromatic carbocycles. The number of aliphatic hydroxyl groups is 2. The minimum atomic E-state index is -4.75. The Kier molecular flexibility index (Phi) is 6.20. The lowest BCUT2D eigenvalue weighted by Crippen LogP contribution is -2.70. The molecule has 9 atom stereocenters. The van der Waals surface area contributed by atoms with Gasteiger partial charge in [0.05, 0.1) is 28.9 Å². The van der Waals surface area contributed by atoms with Crippen LogP contribution in [0.3, 0.4) is 0 Å². The fraction of sp³-hybridized carbons (Fsp3) is 0.586. The summed E-state index contributed by atoms with van der Waals surface area (Å²) in [6.07, 6.45) is -5.04. The molecule has 1 aliphatic heterocycles. The summed E-state index contributed by atoms with van der Waals surface area (Å²) < 4.78 is 73.9. The second kappa shape index (κ2) is 8.84. The number of Topliss-reactive ketones (excluding diaryl/α,β-unsaturated/α-hetero) is 1. The molecule has 0 bridgehead atoms. The van der Waals surface area contributed by atoms with Gasteiger partial charge in [-0.05, 0) is 68.0 Å². The van der Waals surface area contributed by atoms with Crippen molar-refractivity contribution in [2.45, 2.75) is 62.8 Å². The van der Waals surface area contributed by atoms with Crippen LogP contribution in [0.25, 0.3) is 0 Å². The maximum absolute atomic E-state index is 17.4. The van der Waals surface area contributed by atoms with Crippen LogP contribution in [0.5, 0.6) is 0 Å². The van der Waals surface area contributed by atoms with E-state index < -0.39 is 87.1 Å². The number of allylic oxidation sites excluding steroid dienone is 4. The molecule has 3 saturated carbocycles. The van der Waals surface area contributed by atoms with Crippen molar-refractivity contribution in [1.29, 1.82) is 0 Å². The van der Waals surface area contributed by atoms with E-state index in [1.165, 1.54) is 25.1 Å². The smallest absolute Gasteiger partial charge is 0.390 e. The Hall–Kier alpha value is -2.34. The zero-order valence-electron chi connectivity index (χ0n) is 22.2. The van der Waals surface area contributed by atoms with Crippen molar-refractivity contribution in [3.8, 4) is 0 Å². The first kappa shape index (κ1) is 28.8. The van der Waals surface area contributed by atoms with Gasteiger partial charge in [-0.2, -0.15) is 13.2 Å². The molecular weight excluding hydrogens is 573 g/mol. The lowest BCUT2D eigenvalue weighted by molar-refractivity contribution is -0.228. The van der Waals surface area contributed by atoms with E-state index in [4.69, 9.17) is 16.4 Å². The van der Waals surface area contributed by atoms with E-state index >= 15 is 8.78 Å². The Morgan fingerprint density at radius 1 is 1.22 bits per heavy atom. The van der Waals surface area contributed by atoms with Gasteiger partial charge in [0.2, 0.25) is 0 Å². The van der Waals surface area contributed by atoms with Crippen LogP contribution in [0.2, 0.25) is 5.02 Å². The van der Waals surface area contributed by atoms with E-state index in [0.29, 0.717) is 0 Å². The molecule has 0 aromatic heterocycles. The van der Waals surface area contributed by atoms with Gasteiger partial charge >= 0.3 is 6.18 Å². The van der Waals surface area contributed by atoms with Crippen LogP contribution < -0.4 is 5.06 Å². The van der Waals surface area contributed by atoms with E-state index in [1.54, 1.807) is 6.92 Å². The predicted octanol–water partition coefficient (Wildman–Crippen LogP) is 4.96. The van der Waals surface area contributed by atoms with Gasteiger partial charge in [0.25, 0.3) is 0 Å². The summed E-state index contributed by atoms with van der Waals surface area (Å²) in [5.41, 5.74) is -8.24. The van der Waals surface area contributed by atoms with E-state index in [0.717, 1.165) is 23.3 Å². The average molecular weight is 602 g/mol. The number of anilines is 1. The molecule has 0 amide bonds. The van der Waals surface area contributed by atoms with E-state index in [1.807, 2.05) is 0 Å². The second-order valence-corrected chi connectivity index (χ2v) is 12.8. The van der Waals surface area contributed by atoms with Crippen molar-refractivity contribution in [3.63, 3.8) is 0 Å². The molecule has 0 unspecified atom stereocenters. The molecular formula is C29H29ClF5NO5. The van der Waals surface area contributed by atoms with Crippen molar-refractivity contribution >= 4 is 28.9 Å². The lowest BCUT2D eigenvalue weighted by Gasteiger charge is -2.63. The third-order valence-electron chi connectivity index (χ3n) is 10.7. The second-order valence-electron chi connectivity index (χ2n) is 12.4. The monoisotopic (exact) mass is 601 g/mol. The number of carbonyl (C=O) groups excluding carboxylic acids is 2. The van der Waals surface area contributed by atoms with Crippen LogP contribution in [-0.4, -0.2) is 58.5 Å². The number of fused-ring (bicyclic) bond motifs is 7. The minimum absolute atomic E-state index is 0.0154. The maximum atomic E-state index is 17.4. The minimum Gasteiger partial charge on any atom is -0.390 e. The Morgan fingerprint density at radius 2 is 1.93 bits per heavy atom. The molecule has 0 spiro atoms. The Balaban J connectivity index is 1.43. The Morgan fingerprint density at radius 3 is 2.59 bits per heavy atom. The number of hydrogen-bond acceptors (Lipinski definition) is 6. The first-order chi connectivity index (χ1) is 19.0. The first-order valence-corrected chi connectivity index (χ1v) is 13.9. The van der Waals surface area contributed by atoms with Gasteiger partial charge < -0.3 is 10.2 Å². The van der Waals surface area contributed by atoms with E-state index in [2.05, 4.69) is 0 Å². The van der Waals surface area contributed by atoms with Crippen molar-refractivity contribution in [2.24, 2.45) is 28.6 Å².